The Hall–Kier alpha value is -2.00. The van der Waals surface area contributed by atoms with Crippen molar-refractivity contribution in [1.29, 1.82) is 0 Å². The molecule has 0 saturated heterocycles. The first-order chi connectivity index (χ1) is 12.9. The molecule has 1 aromatic heterocycles. The summed E-state index contributed by atoms with van der Waals surface area (Å²) in [5.41, 5.74) is 3.64. The maximum absolute atomic E-state index is 12.6. The molecule has 2 aromatic carbocycles. The molecule has 0 saturated carbocycles. The smallest absolute Gasteiger partial charge is 0.269 e. The van der Waals surface area contributed by atoms with E-state index in [0.717, 1.165) is 11.1 Å². The Morgan fingerprint density at radius 3 is 2.37 bits per heavy atom. The summed E-state index contributed by atoms with van der Waals surface area (Å²) < 4.78 is 1.62. The molecular formula is C22H18Cl3NO. The Bertz CT molecular complexity index is 1040. The predicted molar refractivity (Wildman–Crippen MR) is 116 cm³/mol. The highest BCUT2D eigenvalue weighted by Gasteiger charge is 2.11. The van der Waals surface area contributed by atoms with E-state index in [4.69, 9.17) is 34.8 Å². The summed E-state index contributed by atoms with van der Waals surface area (Å²) >= 11 is 18.5. The van der Waals surface area contributed by atoms with E-state index in [2.05, 4.69) is 24.3 Å². The van der Waals surface area contributed by atoms with Crippen molar-refractivity contribution in [2.24, 2.45) is 0 Å². The van der Waals surface area contributed by atoms with Crippen molar-refractivity contribution in [1.82, 2.24) is 4.57 Å². The first kappa shape index (κ1) is 19.8. The Balaban J connectivity index is 1.94. The zero-order chi connectivity index (χ0) is 19.4. The average molecular weight is 419 g/mol. The standard InChI is InChI=1S/C22H18Cl3NO/c1-15-5-7-16(8-6-15)11-12-26-21(19(24)14-20(25)22(26)27)10-9-17-3-2-4-18(23)13-17/h2-10,13-14H,11-12H2,1H3/b10-9+. The van der Waals surface area contributed by atoms with Crippen LogP contribution in [0.4, 0.5) is 0 Å². The highest BCUT2D eigenvalue weighted by Crippen LogP contribution is 2.22. The molecule has 27 heavy (non-hydrogen) atoms. The zero-order valence-electron chi connectivity index (χ0n) is 14.8. The van der Waals surface area contributed by atoms with E-state index in [1.807, 2.05) is 43.3 Å². The van der Waals surface area contributed by atoms with Crippen LogP contribution >= 0.6 is 34.8 Å². The molecule has 0 aliphatic rings. The quantitative estimate of drug-likeness (QED) is 0.461. The summed E-state index contributed by atoms with van der Waals surface area (Å²) in [6.45, 7) is 2.53. The highest BCUT2D eigenvalue weighted by molar-refractivity contribution is 6.35. The van der Waals surface area contributed by atoms with E-state index in [1.165, 1.54) is 11.6 Å². The number of nitrogens with zero attached hydrogens (tertiary/aromatic N) is 1. The maximum Gasteiger partial charge on any atom is 0.269 e. The van der Waals surface area contributed by atoms with Crippen LogP contribution in [0, 0.1) is 6.92 Å². The van der Waals surface area contributed by atoms with Gasteiger partial charge < -0.3 is 4.57 Å². The van der Waals surface area contributed by atoms with Crippen LogP contribution in [0.15, 0.2) is 59.4 Å². The van der Waals surface area contributed by atoms with Gasteiger partial charge in [0.25, 0.3) is 5.56 Å². The SMILES string of the molecule is Cc1ccc(CCn2c(/C=C/c3cccc(Cl)c3)c(Cl)cc(Cl)c2=O)cc1. The Labute approximate surface area is 173 Å². The molecule has 2 nitrogen and oxygen atoms in total. The number of rotatable bonds is 5. The second-order valence-electron chi connectivity index (χ2n) is 6.31. The van der Waals surface area contributed by atoms with Crippen molar-refractivity contribution in [3.05, 3.63) is 102 Å². The lowest BCUT2D eigenvalue weighted by Gasteiger charge is -2.13. The van der Waals surface area contributed by atoms with Gasteiger partial charge in [-0.15, -0.1) is 0 Å². The molecule has 0 unspecified atom stereocenters. The summed E-state index contributed by atoms with van der Waals surface area (Å²) in [5, 5.41) is 1.20. The van der Waals surface area contributed by atoms with Gasteiger partial charge in [0.1, 0.15) is 5.02 Å². The first-order valence-electron chi connectivity index (χ1n) is 8.52. The molecule has 0 aliphatic carbocycles. The molecule has 0 atom stereocenters. The van der Waals surface area contributed by atoms with Gasteiger partial charge in [-0.3, -0.25) is 4.79 Å². The van der Waals surface area contributed by atoms with Crippen molar-refractivity contribution in [2.45, 2.75) is 19.9 Å². The van der Waals surface area contributed by atoms with Crippen LogP contribution in [0.3, 0.4) is 0 Å². The fourth-order valence-electron chi connectivity index (χ4n) is 2.79. The average Bonchev–Trinajstić information content (AvgIpc) is 2.64. The van der Waals surface area contributed by atoms with Crippen molar-refractivity contribution in [2.75, 3.05) is 0 Å². The van der Waals surface area contributed by atoms with Gasteiger partial charge in [-0.05, 0) is 48.7 Å². The maximum atomic E-state index is 12.6. The molecule has 0 radical (unpaired) electrons. The fraction of sp³-hybridized carbons (Fsp3) is 0.136. The lowest BCUT2D eigenvalue weighted by atomic mass is 10.1. The van der Waals surface area contributed by atoms with Crippen molar-refractivity contribution in [3.63, 3.8) is 0 Å². The Morgan fingerprint density at radius 2 is 1.67 bits per heavy atom. The molecule has 0 spiro atoms. The van der Waals surface area contributed by atoms with Gasteiger partial charge in [0, 0.05) is 11.6 Å². The highest BCUT2D eigenvalue weighted by atomic mass is 35.5. The number of hydrogen-bond donors (Lipinski definition) is 0. The molecule has 138 valence electrons. The lowest BCUT2D eigenvalue weighted by molar-refractivity contribution is 0.664. The van der Waals surface area contributed by atoms with Gasteiger partial charge in [0.15, 0.2) is 0 Å². The van der Waals surface area contributed by atoms with E-state index in [9.17, 15) is 4.79 Å². The minimum absolute atomic E-state index is 0.115. The minimum atomic E-state index is -0.251. The normalized spacial score (nSPS) is 11.3. The lowest BCUT2D eigenvalue weighted by Crippen LogP contribution is -2.24. The predicted octanol–water partition coefficient (Wildman–Crippen LogP) is 6.53. The Morgan fingerprint density at radius 1 is 0.926 bits per heavy atom. The van der Waals surface area contributed by atoms with E-state index in [1.54, 1.807) is 4.57 Å². The topological polar surface area (TPSA) is 22.0 Å². The van der Waals surface area contributed by atoms with Crippen molar-refractivity contribution >= 4 is 47.0 Å². The van der Waals surface area contributed by atoms with E-state index in [0.29, 0.717) is 28.7 Å². The number of aryl methyl sites for hydroxylation is 2. The van der Waals surface area contributed by atoms with Crippen LogP contribution in [0.5, 0.6) is 0 Å². The van der Waals surface area contributed by atoms with Crippen LogP contribution < -0.4 is 5.56 Å². The summed E-state index contributed by atoms with van der Waals surface area (Å²) in [6.07, 6.45) is 4.40. The van der Waals surface area contributed by atoms with Crippen LogP contribution in [0.1, 0.15) is 22.4 Å². The number of halogens is 3. The van der Waals surface area contributed by atoms with Crippen LogP contribution in [0.2, 0.25) is 15.1 Å². The zero-order valence-corrected chi connectivity index (χ0v) is 17.0. The first-order valence-corrected chi connectivity index (χ1v) is 9.65. The Kier molecular flexibility index (Phi) is 6.43. The fourth-order valence-corrected chi connectivity index (χ4v) is 3.53. The molecule has 0 amide bonds. The van der Waals surface area contributed by atoms with Gasteiger partial charge in [-0.2, -0.15) is 0 Å². The van der Waals surface area contributed by atoms with Crippen LogP contribution in [-0.4, -0.2) is 4.57 Å². The number of pyridine rings is 1. The van der Waals surface area contributed by atoms with Crippen molar-refractivity contribution in [3.8, 4) is 0 Å². The third kappa shape index (κ3) is 5.04. The number of benzene rings is 2. The summed E-state index contributed by atoms with van der Waals surface area (Å²) in [6, 6.07) is 17.2. The molecule has 0 aliphatic heterocycles. The van der Waals surface area contributed by atoms with E-state index in [-0.39, 0.29) is 10.6 Å². The third-order valence-corrected chi connectivity index (χ3v) is 5.07. The van der Waals surface area contributed by atoms with Gasteiger partial charge in [0.2, 0.25) is 0 Å². The van der Waals surface area contributed by atoms with Gasteiger partial charge in [-0.1, -0.05) is 82.8 Å². The van der Waals surface area contributed by atoms with Gasteiger partial charge in [-0.25, -0.2) is 0 Å². The molecule has 0 bridgehead atoms. The number of hydrogen-bond acceptors (Lipinski definition) is 1. The summed E-state index contributed by atoms with van der Waals surface area (Å²) in [4.78, 5) is 12.6. The molecular weight excluding hydrogens is 401 g/mol. The molecule has 0 N–H and O–H groups in total. The molecule has 0 fully saturated rings. The number of aromatic nitrogens is 1. The summed E-state index contributed by atoms with van der Waals surface area (Å²) in [5.74, 6) is 0. The minimum Gasteiger partial charge on any atom is -0.306 e. The molecule has 3 aromatic rings. The third-order valence-electron chi connectivity index (χ3n) is 4.27. The van der Waals surface area contributed by atoms with Crippen LogP contribution in [0.25, 0.3) is 12.2 Å². The van der Waals surface area contributed by atoms with Crippen LogP contribution in [-0.2, 0) is 13.0 Å². The molecule has 1 heterocycles. The summed E-state index contributed by atoms with van der Waals surface area (Å²) in [7, 11) is 0. The van der Waals surface area contributed by atoms with Gasteiger partial charge >= 0.3 is 0 Å². The second-order valence-corrected chi connectivity index (χ2v) is 7.56. The van der Waals surface area contributed by atoms with E-state index < -0.39 is 0 Å². The largest absolute Gasteiger partial charge is 0.306 e. The molecule has 5 heteroatoms. The van der Waals surface area contributed by atoms with E-state index >= 15 is 0 Å². The van der Waals surface area contributed by atoms with Gasteiger partial charge in [0.05, 0.1) is 10.7 Å². The monoisotopic (exact) mass is 417 g/mol. The molecule has 3 rings (SSSR count). The van der Waals surface area contributed by atoms with Crippen molar-refractivity contribution < 1.29 is 0 Å². The second kappa shape index (κ2) is 8.79.